The van der Waals surface area contributed by atoms with Crippen LogP contribution in [0.4, 0.5) is 5.69 Å². The standard InChI is InChI=1S/C19H19N3O5/c23-17(15-7-9-16(10-8-15)22(26)27)12-20-19(25)13-21-18(24)11-6-14-4-2-1-3-5-14/h1-11,17,23H,12-13H2,(H,20,25)(H,21,24)/b11-6+/t17-/m1/s1. The van der Waals surface area contributed by atoms with Crippen molar-refractivity contribution in [3.8, 4) is 0 Å². The van der Waals surface area contributed by atoms with Gasteiger partial charge in [-0.3, -0.25) is 19.7 Å². The van der Waals surface area contributed by atoms with Gasteiger partial charge in [0.25, 0.3) is 5.69 Å². The number of nitro benzene ring substituents is 1. The molecule has 0 saturated carbocycles. The van der Waals surface area contributed by atoms with Crippen molar-refractivity contribution in [2.24, 2.45) is 0 Å². The fourth-order valence-electron chi connectivity index (χ4n) is 2.17. The molecule has 0 radical (unpaired) electrons. The summed E-state index contributed by atoms with van der Waals surface area (Å²) in [5.41, 5.74) is 1.22. The SMILES string of the molecule is O=C(/C=C/c1ccccc1)NCC(=O)NC[C@@H](O)c1ccc([N+](=O)[O-])cc1. The molecule has 27 heavy (non-hydrogen) atoms. The van der Waals surface area contributed by atoms with E-state index in [-0.39, 0.29) is 18.8 Å². The van der Waals surface area contributed by atoms with Crippen LogP contribution < -0.4 is 10.6 Å². The molecule has 0 heterocycles. The first kappa shape index (κ1) is 19.8. The number of nitro groups is 1. The first-order valence-electron chi connectivity index (χ1n) is 8.16. The lowest BCUT2D eigenvalue weighted by Gasteiger charge is -2.12. The number of aliphatic hydroxyl groups excluding tert-OH is 1. The maximum Gasteiger partial charge on any atom is 0.269 e. The Morgan fingerprint density at radius 2 is 1.74 bits per heavy atom. The summed E-state index contributed by atoms with van der Waals surface area (Å²) < 4.78 is 0. The normalized spacial score (nSPS) is 11.7. The van der Waals surface area contributed by atoms with E-state index in [4.69, 9.17) is 0 Å². The molecule has 0 aromatic heterocycles. The average Bonchev–Trinajstić information content (AvgIpc) is 2.69. The summed E-state index contributed by atoms with van der Waals surface area (Å²) in [6.07, 6.45) is 1.95. The molecule has 8 nitrogen and oxygen atoms in total. The number of rotatable bonds is 8. The van der Waals surface area contributed by atoms with Crippen LogP contribution in [0.1, 0.15) is 17.2 Å². The highest BCUT2D eigenvalue weighted by Gasteiger charge is 2.12. The molecule has 140 valence electrons. The number of amides is 2. The van der Waals surface area contributed by atoms with Crippen molar-refractivity contribution >= 4 is 23.6 Å². The molecule has 0 aliphatic heterocycles. The number of carbonyl (C=O) groups is 2. The third-order valence-corrected chi connectivity index (χ3v) is 3.63. The van der Waals surface area contributed by atoms with Gasteiger partial charge in [0.15, 0.2) is 0 Å². The highest BCUT2D eigenvalue weighted by atomic mass is 16.6. The number of non-ortho nitro benzene ring substituents is 1. The van der Waals surface area contributed by atoms with Crippen LogP contribution in [0.2, 0.25) is 0 Å². The van der Waals surface area contributed by atoms with Gasteiger partial charge in [0, 0.05) is 24.8 Å². The molecule has 2 aromatic carbocycles. The molecular formula is C19H19N3O5. The van der Waals surface area contributed by atoms with E-state index >= 15 is 0 Å². The number of hydrogen-bond donors (Lipinski definition) is 3. The Labute approximate surface area is 155 Å². The molecule has 0 fully saturated rings. The molecule has 2 aromatic rings. The molecule has 0 aliphatic carbocycles. The van der Waals surface area contributed by atoms with Crippen molar-refractivity contribution < 1.29 is 19.6 Å². The summed E-state index contributed by atoms with van der Waals surface area (Å²) in [7, 11) is 0. The first-order valence-corrected chi connectivity index (χ1v) is 8.16. The van der Waals surface area contributed by atoms with Gasteiger partial charge in [-0.2, -0.15) is 0 Å². The molecule has 3 N–H and O–H groups in total. The van der Waals surface area contributed by atoms with Gasteiger partial charge < -0.3 is 15.7 Å². The van der Waals surface area contributed by atoms with E-state index in [0.717, 1.165) is 5.56 Å². The number of hydrogen-bond acceptors (Lipinski definition) is 5. The van der Waals surface area contributed by atoms with Crippen LogP contribution in [0.25, 0.3) is 6.08 Å². The van der Waals surface area contributed by atoms with Crippen LogP contribution in [-0.4, -0.2) is 34.9 Å². The van der Waals surface area contributed by atoms with Gasteiger partial charge in [0.2, 0.25) is 11.8 Å². The topological polar surface area (TPSA) is 122 Å². The third kappa shape index (κ3) is 6.71. The maximum atomic E-state index is 11.8. The minimum atomic E-state index is -1.01. The average molecular weight is 369 g/mol. The Bertz CT molecular complexity index is 819. The number of carbonyl (C=O) groups excluding carboxylic acids is 2. The van der Waals surface area contributed by atoms with E-state index in [9.17, 15) is 24.8 Å². The zero-order valence-corrected chi connectivity index (χ0v) is 14.4. The molecular weight excluding hydrogens is 350 g/mol. The Hall–Kier alpha value is -3.52. The lowest BCUT2D eigenvalue weighted by molar-refractivity contribution is -0.384. The molecule has 0 spiro atoms. The van der Waals surface area contributed by atoms with E-state index in [1.807, 2.05) is 30.3 Å². The van der Waals surface area contributed by atoms with Crippen LogP contribution in [-0.2, 0) is 9.59 Å². The van der Waals surface area contributed by atoms with Gasteiger partial charge in [0.1, 0.15) is 0 Å². The van der Waals surface area contributed by atoms with Gasteiger partial charge >= 0.3 is 0 Å². The fraction of sp³-hybridized carbons (Fsp3) is 0.158. The molecule has 8 heteroatoms. The Morgan fingerprint density at radius 3 is 2.37 bits per heavy atom. The predicted molar refractivity (Wildman–Crippen MR) is 99.6 cm³/mol. The van der Waals surface area contributed by atoms with E-state index in [0.29, 0.717) is 5.56 Å². The van der Waals surface area contributed by atoms with Crippen molar-refractivity contribution in [1.82, 2.24) is 10.6 Å². The van der Waals surface area contributed by atoms with E-state index in [2.05, 4.69) is 10.6 Å². The number of nitrogens with one attached hydrogen (secondary N) is 2. The van der Waals surface area contributed by atoms with E-state index in [1.165, 1.54) is 30.3 Å². The van der Waals surface area contributed by atoms with Crippen molar-refractivity contribution in [1.29, 1.82) is 0 Å². The van der Waals surface area contributed by atoms with Crippen LogP contribution in [0.15, 0.2) is 60.7 Å². The van der Waals surface area contributed by atoms with Crippen molar-refractivity contribution in [2.45, 2.75) is 6.10 Å². The second-order valence-corrected chi connectivity index (χ2v) is 5.63. The third-order valence-electron chi connectivity index (χ3n) is 3.63. The molecule has 2 amide bonds. The Balaban J connectivity index is 1.73. The Morgan fingerprint density at radius 1 is 1.07 bits per heavy atom. The minimum absolute atomic E-state index is 0.0770. The maximum absolute atomic E-state index is 11.8. The molecule has 0 aliphatic rings. The Kier molecular flexibility index (Phi) is 7.21. The number of nitrogens with zero attached hydrogens (tertiary/aromatic N) is 1. The predicted octanol–water partition coefficient (Wildman–Crippen LogP) is 1.57. The monoisotopic (exact) mass is 369 g/mol. The summed E-state index contributed by atoms with van der Waals surface area (Å²) in [5, 5.41) is 25.5. The number of aliphatic hydroxyl groups is 1. The zero-order chi connectivity index (χ0) is 19.6. The van der Waals surface area contributed by atoms with Gasteiger partial charge in [-0.25, -0.2) is 0 Å². The van der Waals surface area contributed by atoms with Crippen LogP contribution >= 0.6 is 0 Å². The fourth-order valence-corrected chi connectivity index (χ4v) is 2.17. The van der Waals surface area contributed by atoms with E-state index < -0.39 is 22.8 Å². The highest BCUT2D eigenvalue weighted by molar-refractivity contribution is 5.94. The molecule has 1 atom stereocenters. The summed E-state index contributed by atoms with van der Waals surface area (Å²) in [6, 6.07) is 14.6. The minimum Gasteiger partial charge on any atom is -0.387 e. The highest BCUT2D eigenvalue weighted by Crippen LogP contribution is 2.17. The van der Waals surface area contributed by atoms with Crippen molar-refractivity contribution in [3.63, 3.8) is 0 Å². The largest absolute Gasteiger partial charge is 0.387 e. The quantitative estimate of drug-likeness (QED) is 0.370. The summed E-state index contributed by atoms with van der Waals surface area (Å²) >= 11 is 0. The smallest absolute Gasteiger partial charge is 0.269 e. The first-order chi connectivity index (χ1) is 13.0. The second kappa shape index (κ2) is 9.83. The summed E-state index contributed by atoms with van der Waals surface area (Å²) in [4.78, 5) is 33.5. The van der Waals surface area contributed by atoms with Crippen LogP contribution in [0.5, 0.6) is 0 Å². The van der Waals surface area contributed by atoms with Gasteiger partial charge in [-0.05, 0) is 29.3 Å². The molecule has 0 unspecified atom stereocenters. The lowest BCUT2D eigenvalue weighted by atomic mass is 10.1. The summed E-state index contributed by atoms with van der Waals surface area (Å²) in [6.45, 7) is -0.308. The van der Waals surface area contributed by atoms with Crippen LogP contribution in [0.3, 0.4) is 0 Å². The van der Waals surface area contributed by atoms with E-state index in [1.54, 1.807) is 6.08 Å². The second-order valence-electron chi connectivity index (χ2n) is 5.63. The van der Waals surface area contributed by atoms with Crippen molar-refractivity contribution in [2.75, 3.05) is 13.1 Å². The van der Waals surface area contributed by atoms with Crippen LogP contribution in [0, 0.1) is 10.1 Å². The molecule has 2 rings (SSSR count). The van der Waals surface area contributed by atoms with Crippen molar-refractivity contribution in [3.05, 3.63) is 81.9 Å². The van der Waals surface area contributed by atoms with Gasteiger partial charge in [-0.1, -0.05) is 30.3 Å². The molecule has 0 saturated heterocycles. The zero-order valence-electron chi connectivity index (χ0n) is 14.4. The lowest BCUT2D eigenvalue weighted by Crippen LogP contribution is -2.38. The van der Waals surface area contributed by atoms with Gasteiger partial charge in [-0.15, -0.1) is 0 Å². The number of benzene rings is 2. The van der Waals surface area contributed by atoms with Gasteiger partial charge in [0.05, 0.1) is 17.6 Å². The summed E-state index contributed by atoms with van der Waals surface area (Å²) in [5.74, 6) is -0.873. The molecule has 0 bridgehead atoms.